The maximum atomic E-state index is 13.1. The number of piperidine rings is 2. The van der Waals surface area contributed by atoms with Gasteiger partial charge in [0, 0.05) is 44.3 Å². The van der Waals surface area contributed by atoms with Gasteiger partial charge in [-0.3, -0.25) is 9.78 Å². The summed E-state index contributed by atoms with van der Waals surface area (Å²) in [5.74, 6) is 0.139. The van der Waals surface area contributed by atoms with Crippen LogP contribution in [-0.4, -0.2) is 47.0 Å². The Hall–Kier alpha value is -2.47. The lowest BCUT2D eigenvalue weighted by atomic mass is 9.71. The Morgan fingerprint density at radius 3 is 2.43 bits per heavy atom. The van der Waals surface area contributed by atoms with Crippen LogP contribution in [0.5, 0.6) is 0 Å². The van der Waals surface area contributed by atoms with E-state index in [-0.39, 0.29) is 5.91 Å². The highest BCUT2D eigenvalue weighted by Gasteiger charge is 2.38. The van der Waals surface area contributed by atoms with Crippen LogP contribution in [-0.2, 0) is 0 Å². The zero-order valence-electron chi connectivity index (χ0n) is 15.9. The highest BCUT2D eigenvalue weighted by Crippen LogP contribution is 2.42. The first-order chi connectivity index (χ1) is 13.7. The Bertz CT molecular complexity index is 968. The average molecular weight is 393 g/mol. The summed E-state index contributed by atoms with van der Waals surface area (Å²) < 4.78 is 1.09. The van der Waals surface area contributed by atoms with E-state index in [1.807, 2.05) is 41.0 Å². The normalized spacial score (nSPS) is 19.3. The molecule has 3 aromatic rings. The van der Waals surface area contributed by atoms with Gasteiger partial charge in [0.2, 0.25) is 0 Å². The number of anilines is 1. The van der Waals surface area contributed by atoms with Crippen molar-refractivity contribution in [3.8, 4) is 0 Å². The number of likely N-dealkylation sites (tertiary alicyclic amines) is 1. The summed E-state index contributed by atoms with van der Waals surface area (Å²) in [6.07, 6.45) is 8.36. The number of thiazole rings is 1. The van der Waals surface area contributed by atoms with Gasteiger partial charge in [-0.25, -0.2) is 4.98 Å². The first kappa shape index (κ1) is 17.6. The van der Waals surface area contributed by atoms with E-state index < -0.39 is 0 Å². The van der Waals surface area contributed by atoms with Gasteiger partial charge in [0.05, 0.1) is 21.3 Å². The minimum atomic E-state index is 0.139. The van der Waals surface area contributed by atoms with Gasteiger partial charge >= 0.3 is 0 Å². The molecule has 0 saturated carbocycles. The van der Waals surface area contributed by atoms with Crippen LogP contribution >= 0.6 is 11.3 Å². The standard InChI is InChI=1S/C22H24N4OS/c27-21(18-2-1-3-19-20(18)24-16-28-19)26-14-8-22(9-15-26)6-12-25(13-7-22)17-4-10-23-11-5-17/h1-5,10-11,16H,6-9,12-15H2. The molecule has 0 aliphatic carbocycles. The predicted molar refractivity (Wildman–Crippen MR) is 113 cm³/mol. The van der Waals surface area contributed by atoms with Crippen LogP contribution in [0.4, 0.5) is 5.69 Å². The van der Waals surface area contributed by atoms with Crippen LogP contribution in [0.15, 0.2) is 48.2 Å². The van der Waals surface area contributed by atoms with Crippen molar-refractivity contribution in [2.45, 2.75) is 25.7 Å². The molecule has 5 nitrogen and oxygen atoms in total. The molecule has 0 radical (unpaired) electrons. The fraction of sp³-hybridized carbons (Fsp3) is 0.409. The summed E-state index contributed by atoms with van der Waals surface area (Å²) in [7, 11) is 0. The second-order valence-electron chi connectivity index (χ2n) is 7.99. The van der Waals surface area contributed by atoms with Crippen molar-refractivity contribution in [2.75, 3.05) is 31.1 Å². The Morgan fingerprint density at radius 1 is 0.964 bits per heavy atom. The van der Waals surface area contributed by atoms with Gasteiger partial charge in [-0.15, -0.1) is 11.3 Å². The van der Waals surface area contributed by atoms with Crippen LogP contribution in [0.2, 0.25) is 0 Å². The van der Waals surface area contributed by atoms with Gasteiger partial charge in [0.25, 0.3) is 5.91 Å². The summed E-state index contributed by atoms with van der Waals surface area (Å²) in [6.45, 7) is 3.90. The molecule has 1 amide bonds. The minimum Gasteiger partial charge on any atom is -0.371 e. The third-order valence-corrected chi connectivity index (χ3v) is 7.35. The molecule has 6 heteroatoms. The highest BCUT2D eigenvalue weighted by molar-refractivity contribution is 7.16. The smallest absolute Gasteiger partial charge is 0.256 e. The number of para-hydroxylation sites is 1. The van der Waals surface area contributed by atoms with Gasteiger partial charge in [0.1, 0.15) is 0 Å². The van der Waals surface area contributed by atoms with Crippen LogP contribution in [0.25, 0.3) is 10.2 Å². The second kappa shape index (κ2) is 7.17. The van der Waals surface area contributed by atoms with Gasteiger partial charge < -0.3 is 9.80 Å². The maximum Gasteiger partial charge on any atom is 0.256 e. The monoisotopic (exact) mass is 392 g/mol. The zero-order chi connectivity index (χ0) is 19.0. The number of fused-ring (bicyclic) bond motifs is 1. The van der Waals surface area contributed by atoms with Crippen molar-refractivity contribution in [2.24, 2.45) is 5.41 Å². The zero-order valence-corrected chi connectivity index (χ0v) is 16.7. The molecule has 2 fully saturated rings. The van der Waals surface area contributed by atoms with Gasteiger partial charge in [-0.1, -0.05) is 6.07 Å². The summed E-state index contributed by atoms with van der Waals surface area (Å²) >= 11 is 1.59. The number of rotatable bonds is 2. The van der Waals surface area contributed by atoms with E-state index in [1.165, 1.54) is 18.5 Å². The van der Waals surface area contributed by atoms with Gasteiger partial charge in [-0.05, 0) is 55.4 Å². The van der Waals surface area contributed by atoms with Crippen LogP contribution < -0.4 is 4.90 Å². The lowest BCUT2D eigenvalue weighted by molar-refractivity contribution is 0.0516. The fourth-order valence-corrected chi connectivity index (χ4v) is 5.41. The van der Waals surface area contributed by atoms with Crippen LogP contribution in [0.3, 0.4) is 0 Å². The number of hydrogen-bond donors (Lipinski definition) is 0. The molecule has 0 N–H and O–H groups in total. The number of aromatic nitrogens is 2. The van der Waals surface area contributed by atoms with Gasteiger partial charge in [-0.2, -0.15) is 0 Å². The van der Waals surface area contributed by atoms with E-state index in [4.69, 9.17) is 0 Å². The summed E-state index contributed by atoms with van der Waals surface area (Å²) in [5.41, 5.74) is 5.09. The lowest BCUT2D eigenvalue weighted by Gasteiger charge is -2.47. The molecule has 1 aromatic carbocycles. The molecule has 1 spiro atoms. The number of pyridine rings is 1. The fourth-order valence-electron chi connectivity index (χ4n) is 4.71. The van der Waals surface area contributed by atoms with E-state index in [0.717, 1.165) is 54.8 Å². The van der Waals surface area contributed by atoms with E-state index >= 15 is 0 Å². The Morgan fingerprint density at radius 2 is 1.68 bits per heavy atom. The molecule has 2 saturated heterocycles. The van der Waals surface area contributed by atoms with E-state index in [1.54, 1.807) is 11.3 Å². The second-order valence-corrected chi connectivity index (χ2v) is 8.88. The molecule has 0 unspecified atom stereocenters. The molecular formula is C22H24N4OS. The van der Waals surface area contributed by atoms with Crippen LogP contribution in [0, 0.1) is 5.41 Å². The molecule has 0 bridgehead atoms. The molecular weight excluding hydrogens is 368 g/mol. The van der Waals surface area contributed by atoms with Crippen molar-refractivity contribution >= 4 is 33.1 Å². The van der Waals surface area contributed by atoms with Crippen molar-refractivity contribution in [3.63, 3.8) is 0 Å². The molecule has 0 atom stereocenters. The maximum absolute atomic E-state index is 13.1. The Balaban J connectivity index is 1.23. The molecule has 5 rings (SSSR count). The molecule has 2 aliphatic rings. The third kappa shape index (κ3) is 3.15. The average Bonchev–Trinajstić information content (AvgIpc) is 3.24. The molecule has 28 heavy (non-hydrogen) atoms. The number of benzene rings is 1. The molecule has 4 heterocycles. The van der Waals surface area contributed by atoms with Crippen molar-refractivity contribution in [1.29, 1.82) is 0 Å². The molecule has 144 valence electrons. The summed E-state index contributed by atoms with van der Waals surface area (Å²) in [4.78, 5) is 26.1. The SMILES string of the molecule is O=C(c1cccc2scnc12)N1CCC2(CC1)CCN(c1ccncc1)CC2. The van der Waals surface area contributed by atoms with Crippen LogP contribution in [0.1, 0.15) is 36.0 Å². The largest absolute Gasteiger partial charge is 0.371 e. The predicted octanol–water partition coefficient (Wildman–Crippen LogP) is 4.21. The first-order valence-electron chi connectivity index (χ1n) is 10.0. The number of carbonyl (C=O) groups excluding carboxylic acids is 1. The summed E-state index contributed by atoms with van der Waals surface area (Å²) in [6, 6.07) is 10.1. The Labute approximate surface area is 169 Å². The highest BCUT2D eigenvalue weighted by atomic mass is 32.1. The van der Waals surface area contributed by atoms with E-state index in [2.05, 4.69) is 27.0 Å². The van der Waals surface area contributed by atoms with Crippen molar-refractivity contribution in [1.82, 2.24) is 14.9 Å². The summed E-state index contributed by atoms with van der Waals surface area (Å²) in [5, 5.41) is 0. The van der Waals surface area contributed by atoms with E-state index in [9.17, 15) is 4.79 Å². The topological polar surface area (TPSA) is 49.3 Å². The third-order valence-electron chi connectivity index (χ3n) is 6.55. The Kier molecular flexibility index (Phi) is 4.51. The quantitative estimate of drug-likeness (QED) is 0.655. The number of amides is 1. The minimum absolute atomic E-state index is 0.139. The molecule has 2 aromatic heterocycles. The number of hydrogen-bond acceptors (Lipinski definition) is 5. The lowest BCUT2D eigenvalue weighted by Crippen LogP contribution is -2.48. The number of carbonyl (C=O) groups is 1. The van der Waals surface area contributed by atoms with Crippen molar-refractivity contribution in [3.05, 3.63) is 53.8 Å². The number of nitrogens with zero attached hydrogens (tertiary/aromatic N) is 4. The van der Waals surface area contributed by atoms with Crippen molar-refractivity contribution < 1.29 is 4.79 Å². The first-order valence-corrected chi connectivity index (χ1v) is 10.9. The molecule has 2 aliphatic heterocycles. The van der Waals surface area contributed by atoms with E-state index in [0.29, 0.717) is 5.41 Å². The van der Waals surface area contributed by atoms with Gasteiger partial charge in [0.15, 0.2) is 0 Å².